The zero-order chi connectivity index (χ0) is 12.9. The molecule has 17 heavy (non-hydrogen) atoms. The SMILES string of the molecule is CN(CCOCCO)S(=O)(=O)c1ccc(Cl)s1. The lowest BCUT2D eigenvalue weighted by atomic mass is 10.7. The number of sulfonamides is 1. The maximum Gasteiger partial charge on any atom is 0.252 e. The third-order valence-corrected chi connectivity index (χ3v) is 5.55. The molecule has 5 nitrogen and oxygen atoms in total. The van der Waals surface area contributed by atoms with Gasteiger partial charge in [0.15, 0.2) is 0 Å². The Kier molecular flexibility index (Phi) is 5.84. The van der Waals surface area contributed by atoms with Gasteiger partial charge in [-0.1, -0.05) is 11.6 Å². The summed E-state index contributed by atoms with van der Waals surface area (Å²) in [6.07, 6.45) is 0. The third kappa shape index (κ3) is 4.20. The van der Waals surface area contributed by atoms with Gasteiger partial charge in [0.1, 0.15) is 4.21 Å². The topological polar surface area (TPSA) is 66.8 Å². The summed E-state index contributed by atoms with van der Waals surface area (Å²) in [5.74, 6) is 0. The molecule has 0 spiro atoms. The molecule has 1 N–H and O–H groups in total. The van der Waals surface area contributed by atoms with Crippen molar-refractivity contribution in [2.75, 3.05) is 33.4 Å². The second-order valence-electron chi connectivity index (χ2n) is 3.22. The van der Waals surface area contributed by atoms with Gasteiger partial charge in [-0.2, -0.15) is 4.31 Å². The van der Waals surface area contributed by atoms with Crippen LogP contribution in [0.25, 0.3) is 0 Å². The maximum absolute atomic E-state index is 12.0. The van der Waals surface area contributed by atoms with Gasteiger partial charge in [-0.3, -0.25) is 0 Å². The van der Waals surface area contributed by atoms with Crippen molar-refractivity contribution in [1.82, 2.24) is 4.31 Å². The largest absolute Gasteiger partial charge is 0.394 e. The van der Waals surface area contributed by atoms with E-state index in [1.807, 2.05) is 0 Å². The number of hydrogen-bond acceptors (Lipinski definition) is 5. The second-order valence-corrected chi connectivity index (χ2v) is 7.21. The summed E-state index contributed by atoms with van der Waals surface area (Å²) >= 11 is 6.72. The number of aliphatic hydroxyl groups is 1. The van der Waals surface area contributed by atoms with Crippen LogP contribution in [0.15, 0.2) is 16.3 Å². The maximum atomic E-state index is 12.0. The van der Waals surface area contributed by atoms with Gasteiger partial charge >= 0.3 is 0 Å². The third-order valence-electron chi connectivity index (χ3n) is 2.00. The van der Waals surface area contributed by atoms with Gasteiger partial charge in [0.25, 0.3) is 10.0 Å². The minimum Gasteiger partial charge on any atom is -0.394 e. The molecule has 0 aliphatic heterocycles. The lowest BCUT2D eigenvalue weighted by Crippen LogP contribution is -2.30. The van der Waals surface area contributed by atoms with E-state index in [1.165, 1.54) is 17.4 Å². The van der Waals surface area contributed by atoms with E-state index in [4.69, 9.17) is 21.4 Å². The predicted molar refractivity (Wildman–Crippen MR) is 67.0 cm³/mol. The molecule has 0 fully saturated rings. The van der Waals surface area contributed by atoms with Crippen LogP contribution in [-0.2, 0) is 14.8 Å². The van der Waals surface area contributed by atoms with Crippen LogP contribution in [0.5, 0.6) is 0 Å². The first-order chi connectivity index (χ1) is 7.98. The smallest absolute Gasteiger partial charge is 0.252 e. The number of aliphatic hydroxyl groups excluding tert-OH is 1. The van der Waals surface area contributed by atoms with E-state index in [9.17, 15) is 8.42 Å². The summed E-state index contributed by atoms with van der Waals surface area (Å²) in [5.41, 5.74) is 0. The van der Waals surface area contributed by atoms with E-state index in [1.54, 1.807) is 6.07 Å². The highest BCUT2D eigenvalue weighted by Crippen LogP contribution is 2.27. The molecule has 98 valence electrons. The standard InChI is InChI=1S/C9H14ClNO4S2/c1-11(4-6-15-7-5-12)17(13,14)9-3-2-8(10)16-9/h2-3,12H,4-7H2,1H3. The van der Waals surface area contributed by atoms with Crippen LogP contribution >= 0.6 is 22.9 Å². The summed E-state index contributed by atoms with van der Waals surface area (Å²) < 4.78 is 30.8. The Balaban J connectivity index is 2.58. The lowest BCUT2D eigenvalue weighted by molar-refractivity contribution is 0.0877. The molecule has 0 saturated heterocycles. The Hall–Kier alpha value is -0.180. The first kappa shape index (κ1) is 14.9. The molecule has 0 saturated carbocycles. The molecule has 0 atom stereocenters. The van der Waals surface area contributed by atoms with Crippen molar-refractivity contribution in [3.63, 3.8) is 0 Å². The average molecular weight is 300 g/mol. The Bertz CT molecular complexity index is 446. The number of nitrogens with zero attached hydrogens (tertiary/aromatic N) is 1. The van der Waals surface area contributed by atoms with E-state index in [2.05, 4.69) is 0 Å². The number of hydrogen-bond donors (Lipinski definition) is 1. The Morgan fingerprint density at radius 3 is 2.71 bits per heavy atom. The van der Waals surface area contributed by atoms with Crippen LogP contribution < -0.4 is 0 Å². The molecule has 0 aliphatic carbocycles. The Morgan fingerprint density at radius 1 is 1.47 bits per heavy atom. The van der Waals surface area contributed by atoms with Crippen molar-refractivity contribution in [3.05, 3.63) is 16.5 Å². The normalized spacial score (nSPS) is 12.2. The summed E-state index contributed by atoms with van der Waals surface area (Å²) in [7, 11) is -2.00. The van der Waals surface area contributed by atoms with Crippen molar-refractivity contribution < 1.29 is 18.3 Å². The number of likely N-dealkylation sites (N-methyl/N-ethyl adjacent to an activating group) is 1. The summed E-state index contributed by atoms with van der Waals surface area (Å²) in [4.78, 5) is 0. The van der Waals surface area contributed by atoms with E-state index >= 15 is 0 Å². The van der Waals surface area contributed by atoms with E-state index in [-0.39, 0.29) is 30.6 Å². The average Bonchev–Trinajstić information content (AvgIpc) is 2.71. The molecule has 0 unspecified atom stereocenters. The van der Waals surface area contributed by atoms with Gasteiger partial charge in [-0.05, 0) is 12.1 Å². The fourth-order valence-corrected chi connectivity index (χ4v) is 3.92. The molecule has 1 aromatic rings. The zero-order valence-electron chi connectivity index (χ0n) is 9.30. The van der Waals surface area contributed by atoms with Gasteiger partial charge in [0.05, 0.1) is 24.2 Å². The molecule has 0 bridgehead atoms. The van der Waals surface area contributed by atoms with Gasteiger partial charge in [0, 0.05) is 13.6 Å². The van der Waals surface area contributed by atoms with Crippen LogP contribution in [0.3, 0.4) is 0 Å². The van der Waals surface area contributed by atoms with Gasteiger partial charge in [0.2, 0.25) is 0 Å². The fraction of sp³-hybridized carbons (Fsp3) is 0.556. The molecule has 8 heteroatoms. The van der Waals surface area contributed by atoms with Crippen LogP contribution in [0, 0.1) is 0 Å². The second kappa shape index (κ2) is 6.67. The van der Waals surface area contributed by atoms with E-state index in [0.29, 0.717) is 4.34 Å². The van der Waals surface area contributed by atoms with Gasteiger partial charge in [-0.15, -0.1) is 11.3 Å². The van der Waals surface area contributed by atoms with Crippen molar-refractivity contribution in [1.29, 1.82) is 0 Å². The summed E-state index contributed by atoms with van der Waals surface area (Å²) in [5, 5.41) is 8.50. The van der Waals surface area contributed by atoms with Crippen molar-refractivity contribution in [2.45, 2.75) is 4.21 Å². The number of rotatable bonds is 7. The lowest BCUT2D eigenvalue weighted by Gasteiger charge is -2.15. The first-order valence-electron chi connectivity index (χ1n) is 4.88. The van der Waals surface area contributed by atoms with Crippen molar-refractivity contribution in [3.8, 4) is 0 Å². The van der Waals surface area contributed by atoms with Crippen LogP contribution in [-0.4, -0.2) is 51.2 Å². The molecule has 0 amide bonds. The van der Waals surface area contributed by atoms with Crippen LogP contribution in [0.4, 0.5) is 0 Å². The predicted octanol–water partition coefficient (Wildman–Crippen LogP) is 1.03. The highest BCUT2D eigenvalue weighted by Gasteiger charge is 2.22. The molecular weight excluding hydrogens is 286 g/mol. The van der Waals surface area contributed by atoms with Crippen molar-refractivity contribution >= 4 is 33.0 Å². The molecule has 1 aromatic heterocycles. The van der Waals surface area contributed by atoms with E-state index in [0.717, 1.165) is 11.3 Å². The summed E-state index contributed by atoms with van der Waals surface area (Å²) in [6.45, 7) is 0.614. The quantitative estimate of drug-likeness (QED) is 0.764. The molecule has 1 rings (SSSR count). The fourth-order valence-electron chi connectivity index (χ4n) is 1.07. The van der Waals surface area contributed by atoms with Crippen LogP contribution in [0.2, 0.25) is 4.34 Å². The number of halogens is 1. The number of ether oxygens (including phenoxy) is 1. The zero-order valence-corrected chi connectivity index (χ0v) is 11.7. The minimum atomic E-state index is -3.48. The molecule has 1 heterocycles. The van der Waals surface area contributed by atoms with Gasteiger partial charge < -0.3 is 9.84 Å². The van der Waals surface area contributed by atoms with E-state index < -0.39 is 10.0 Å². The molecule has 0 radical (unpaired) electrons. The van der Waals surface area contributed by atoms with Gasteiger partial charge in [-0.25, -0.2) is 8.42 Å². The first-order valence-corrected chi connectivity index (χ1v) is 7.52. The summed E-state index contributed by atoms with van der Waals surface area (Å²) in [6, 6.07) is 3.03. The Labute approximate surface area is 110 Å². The molecule has 0 aromatic carbocycles. The van der Waals surface area contributed by atoms with Crippen LogP contribution in [0.1, 0.15) is 0 Å². The minimum absolute atomic E-state index is 0.0724. The molecule has 0 aliphatic rings. The Morgan fingerprint density at radius 2 is 2.18 bits per heavy atom. The monoisotopic (exact) mass is 299 g/mol. The highest BCUT2D eigenvalue weighted by atomic mass is 35.5. The van der Waals surface area contributed by atoms with Crippen molar-refractivity contribution in [2.24, 2.45) is 0 Å². The highest BCUT2D eigenvalue weighted by molar-refractivity contribution is 7.91. The number of thiophene rings is 1. The molecular formula is C9H14ClNO4S2.